The quantitative estimate of drug-likeness (QED) is 0.630. The van der Waals surface area contributed by atoms with Gasteiger partial charge in [0.1, 0.15) is 5.54 Å². The molecule has 0 aliphatic carbocycles. The third kappa shape index (κ3) is 3.14. The minimum absolute atomic E-state index is 0.00539. The van der Waals surface area contributed by atoms with E-state index >= 15 is 0 Å². The van der Waals surface area contributed by atoms with E-state index in [0.717, 1.165) is 5.56 Å². The highest BCUT2D eigenvalue weighted by Crippen LogP contribution is 2.25. The van der Waals surface area contributed by atoms with Gasteiger partial charge in [0.15, 0.2) is 0 Å². The number of non-ortho nitro benzene ring substituents is 1. The number of rotatable bonds is 4. The summed E-state index contributed by atoms with van der Waals surface area (Å²) >= 11 is 3.23. The second kappa shape index (κ2) is 5.47. The molecular formula is C12H14BrN3O4. The van der Waals surface area contributed by atoms with Crippen LogP contribution in [0.4, 0.5) is 5.69 Å². The van der Waals surface area contributed by atoms with Crippen LogP contribution in [0.5, 0.6) is 0 Å². The van der Waals surface area contributed by atoms with E-state index in [0.29, 0.717) is 24.0 Å². The molecule has 2 rings (SSSR count). The van der Waals surface area contributed by atoms with Crippen molar-refractivity contribution in [1.82, 2.24) is 4.90 Å². The van der Waals surface area contributed by atoms with E-state index in [1.165, 1.54) is 12.1 Å². The van der Waals surface area contributed by atoms with E-state index in [4.69, 9.17) is 10.8 Å². The van der Waals surface area contributed by atoms with Crippen molar-refractivity contribution in [2.24, 2.45) is 5.73 Å². The second-order valence-corrected chi connectivity index (χ2v) is 5.91. The van der Waals surface area contributed by atoms with Gasteiger partial charge in [0.2, 0.25) is 0 Å². The minimum atomic E-state index is -1.22. The van der Waals surface area contributed by atoms with Gasteiger partial charge in [-0.2, -0.15) is 0 Å². The largest absolute Gasteiger partial charge is 0.480 e. The van der Waals surface area contributed by atoms with E-state index in [-0.39, 0.29) is 12.2 Å². The Labute approximate surface area is 123 Å². The highest BCUT2D eigenvalue weighted by Gasteiger charge is 2.41. The number of nitrogens with zero attached hydrogens (tertiary/aromatic N) is 2. The van der Waals surface area contributed by atoms with Crippen LogP contribution in [0.3, 0.4) is 0 Å². The number of likely N-dealkylation sites (tertiary alicyclic amines) is 1. The van der Waals surface area contributed by atoms with Gasteiger partial charge in [0.05, 0.1) is 4.92 Å². The van der Waals surface area contributed by atoms with Crippen LogP contribution in [-0.4, -0.2) is 39.5 Å². The van der Waals surface area contributed by atoms with Crippen LogP contribution in [-0.2, 0) is 11.3 Å². The number of nitro groups is 1. The summed E-state index contributed by atoms with van der Waals surface area (Å²) in [7, 11) is 0. The van der Waals surface area contributed by atoms with E-state index in [9.17, 15) is 14.9 Å². The van der Waals surface area contributed by atoms with Crippen LogP contribution in [0.15, 0.2) is 22.7 Å². The molecule has 108 valence electrons. The predicted octanol–water partition coefficient (Wildman–Crippen LogP) is 1.35. The Morgan fingerprint density at radius 2 is 2.25 bits per heavy atom. The first-order chi connectivity index (χ1) is 9.30. The molecule has 0 spiro atoms. The van der Waals surface area contributed by atoms with Crippen molar-refractivity contribution in [3.8, 4) is 0 Å². The number of aliphatic carboxylic acids is 1. The number of hydrogen-bond donors (Lipinski definition) is 2. The molecule has 1 unspecified atom stereocenters. The van der Waals surface area contributed by atoms with Crippen molar-refractivity contribution < 1.29 is 14.8 Å². The Hall–Kier alpha value is -1.51. The first kappa shape index (κ1) is 14.9. The number of halogens is 1. The van der Waals surface area contributed by atoms with Gasteiger partial charge in [-0.1, -0.05) is 15.9 Å². The lowest BCUT2D eigenvalue weighted by Gasteiger charge is -2.20. The molecule has 7 nitrogen and oxygen atoms in total. The van der Waals surface area contributed by atoms with Crippen molar-refractivity contribution in [3.63, 3.8) is 0 Å². The average Bonchev–Trinajstić information content (AvgIpc) is 2.71. The molecule has 0 amide bonds. The maximum Gasteiger partial charge on any atom is 0.325 e. The molecule has 0 radical (unpaired) electrons. The fourth-order valence-electron chi connectivity index (χ4n) is 2.31. The summed E-state index contributed by atoms with van der Waals surface area (Å²) in [4.78, 5) is 23.3. The molecule has 1 aliphatic rings. The topological polar surface area (TPSA) is 110 Å². The molecule has 8 heteroatoms. The Bertz CT molecular complexity index is 566. The molecule has 1 atom stereocenters. The molecular weight excluding hydrogens is 330 g/mol. The normalized spacial score (nSPS) is 22.9. The van der Waals surface area contributed by atoms with E-state index < -0.39 is 16.4 Å². The van der Waals surface area contributed by atoms with Gasteiger partial charge in [-0.05, 0) is 18.1 Å². The van der Waals surface area contributed by atoms with Gasteiger partial charge in [-0.25, -0.2) is 0 Å². The highest BCUT2D eigenvalue weighted by atomic mass is 79.9. The Kier molecular flexibility index (Phi) is 4.07. The van der Waals surface area contributed by atoms with Crippen LogP contribution < -0.4 is 5.73 Å². The van der Waals surface area contributed by atoms with Gasteiger partial charge in [-0.15, -0.1) is 0 Å². The van der Waals surface area contributed by atoms with E-state index in [2.05, 4.69) is 15.9 Å². The smallest absolute Gasteiger partial charge is 0.325 e. The molecule has 0 aromatic heterocycles. The van der Waals surface area contributed by atoms with Crippen molar-refractivity contribution >= 4 is 27.6 Å². The Morgan fingerprint density at radius 1 is 1.55 bits per heavy atom. The maximum atomic E-state index is 11.1. The number of nitro benzene ring substituents is 1. The summed E-state index contributed by atoms with van der Waals surface area (Å²) in [5.74, 6) is -1.01. The molecule has 1 aromatic carbocycles. The summed E-state index contributed by atoms with van der Waals surface area (Å²) in [6.45, 7) is 1.23. The summed E-state index contributed by atoms with van der Waals surface area (Å²) in [5, 5.41) is 19.9. The van der Waals surface area contributed by atoms with Crippen LogP contribution >= 0.6 is 15.9 Å². The van der Waals surface area contributed by atoms with Crippen LogP contribution in [0, 0.1) is 10.1 Å². The number of carboxylic acids is 1. The van der Waals surface area contributed by atoms with Crippen LogP contribution in [0.2, 0.25) is 0 Å². The first-order valence-electron chi connectivity index (χ1n) is 5.99. The molecule has 1 fully saturated rings. The van der Waals surface area contributed by atoms with Gasteiger partial charge in [0, 0.05) is 36.2 Å². The average molecular weight is 344 g/mol. The SMILES string of the molecule is NC1(C(=O)O)CCN(Cc2cc(Br)cc([N+](=O)[O-])c2)C1. The fourth-order valence-corrected chi connectivity index (χ4v) is 2.84. The molecule has 20 heavy (non-hydrogen) atoms. The predicted molar refractivity (Wildman–Crippen MR) is 75.2 cm³/mol. The minimum Gasteiger partial charge on any atom is -0.480 e. The lowest BCUT2D eigenvalue weighted by Crippen LogP contribution is -2.50. The lowest BCUT2D eigenvalue weighted by atomic mass is 10.0. The molecule has 0 bridgehead atoms. The zero-order valence-corrected chi connectivity index (χ0v) is 12.2. The van der Waals surface area contributed by atoms with Gasteiger partial charge in [0.25, 0.3) is 5.69 Å². The molecule has 0 saturated carbocycles. The molecule has 1 aliphatic heterocycles. The van der Waals surface area contributed by atoms with Crippen molar-refractivity contribution in [3.05, 3.63) is 38.3 Å². The van der Waals surface area contributed by atoms with Crippen molar-refractivity contribution in [1.29, 1.82) is 0 Å². The number of carbonyl (C=O) groups is 1. The zero-order valence-electron chi connectivity index (χ0n) is 10.6. The van der Waals surface area contributed by atoms with Crippen molar-refractivity contribution in [2.75, 3.05) is 13.1 Å². The molecule has 3 N–H and O–H groups in total. The summed E-state index contributed by atoms with van der Waals surface area (Å²) in [6, 6.07) is 4.70. The third-order valence-corrected chi connectivity index (χ3v) is 3.82. The second-order valence-electron chi connectivity index (χ2n) is 5.00. The number of nitrogens with two attached hydrogens (primary N) is 1. The van der Waals surface area contributed by atoms with Gasteiger partial charge < -0.3 is 10.8 Å². The standard InChI is InChI=1S/C12H14BrN3O4/c13-9-3-8(4-10(5-9)16(19)20)6-15-2-1-12(14,7-15)11(17)18/h3-5H,1-2,6-7,14H2,(H,17,18). The number of benzene rings is 1. The zero-order chi connectivity index (χ0) is 14.9. The van der Waals surface area contributed by atoms with Crippen molar-refractivity contribution in [2.45, 2.75) is 18.5 Å². The maximum absolute atomic E-state index is 11.1. The monoisotopic (exact) mass is 343 g/mol. The summed E-state index contributed by atoms with van der Waals surface area (Å²) in [6.07, 6.45) is 0.373. The van der Waals surface area contributed by atoms with Gasteiger partial charge in [-0.3, -0.25) is 19.8 Å². The highest BCUT2D eigenvalue weighted by molar-refractivity contribution is 9.10. The Balaban J connectivity index is 2.12. The third-order valence-electron chi connectivity index (χ3n) is 3.37. The molecule has 1 aromatic rings. The summed E-state index contributed by atoms with van der Waals surface area (Å²) < 4.78 is 0.623. The Morgan fingerprint density at radius 3 is 2.80 bits per heavy atom. The number of hydrogen-bond acceptors (Lipinski definition) is 5. The number of carboxylic acid groups (broad SMARTS) is 1. The summed E-state index contributed by atoms with van der Waals surface area (Å²) in [5.41, 5.74) is 5.33. The lowest BCUT2D eigenvalue weighted by molar-refractivity contribution is -0.385. The van der Waals surface area contributed by atoms with E-state index in [1.807, 2.05) is 4.90 Å². The first-order valence-corrected chi connectivity index (χ1v) is 6.78. The molecule has 1 saturated heterocycles. The van der Waals surface area contributed by atoms with Gasteiger partial charge >= 0.3 is 5.97 Å². The van der Waals surface area contributed by atoms with Crippen LogP contribution in [0.1, 0.15) is 12.0 Å². The fraction of sp³-hybridized carbons (Fsp3) is 0.417. The van der Waals surface area contributed by atoms with E-state index in [1.54, 1.807) is 6.07 Å². The molecule has 1 heterocycles. The van der Waals surface area contributed by atoms with Crippen LogP contribution in [0.25, 0.3) is 0 Å².